The molecule has 0 radical (unpaired) electrons. The molecule has 0 spiro atoms. The van der Waals surface area contributed by atoms with Crippen molar-refractivity contribution in [2.75, 3.05) is 19.7 Å². The number of ketones is 1. The van der Waals surface area contributed by atoms with E-state index in [1.165, 1.54) is 0 Å². The minimum absolute atomic E-state index is 0.00357. The van der Waals surface area contributed by atoms with Gasteiger partial charge in [0.2, 0.25) is 5.91 Å². The molecule has 138 valence electrons. The van der Waals surface area contributed by atoms with Crippen LogP contribution in [0.2, 0.25) is 0 Å². The molecule has 2 rings (SSSR count). The number of hydrogen-bond acceptors (Lipinski definition) is 4. The normalized spacial score (nSPS) is 18.7. The predicted molar refractivity (Wildman–Crippen MR) is 98.7 cm³/mol. The first-order valence-electron chi connectivity index (χ1n) is 9.30. The van der Waals surface area contributed by atoms with Gasteiger partial charge in [0.15, 0.2) is 5.78 Å². The van der Waals surface area contributed by atoms with Gasteiger partial charge in [-0.05, 0) is 56.4 Å². The second-order valence-corrected chi connectivity index (χ2v) is 6.90. The van der Waals surface area contributed by atoms with Crippen molar-refractivity contribution in [3.63, 3.8) is 0 Å². The van der Waals surface area contributed by atoms with E-state index in [-0.39, 0.29) is 30.6 Å². The van der Waals surface area contributed by atoms with Crippen molar-refractivity contribution in [2.24, 2.45) is 11.7 Å². The predicted octanol–water partition coefficient (Wildman–Crippen LogP) is 3.02. The number of benzene rings is 1. The number of hydrogen-bond donors (Lipinski definition) is 1. The van der Waals surface area contributed by atoms with Crippen LogP contribution < -0.4 is 10.5 Å². The van der Waals surface area contributed by atoms with Crippen molar-refractivity contribution < 1.29 is 14.3 Å². The Morgan fingerprint density at radius 2 is 2.00 bits per heavy atom. The van der Waals surface area contributed by atoms with Crippen LogP contribution in [0.25, 0.3) is 0 Å². The zero-order valence-corrected chi connectivity index (χ0v) is 15.4. The van der Waals surface area contributed by atoms with E-state index < -0.39 is 0 Å². The summed E-state index contributed by atoms with van der Waals surface area (Å²) in [5.74, 6) is 1.19. The largest absolute Gasteiger partial charge is 0.494 e. The van der Waals surface area contributed by atoms with Crippen molar-refractivity contribution in [1.29, 1.82) is 0 Å². The number of Topliss-reactive ketones (excluding diaryl/α,β-unsaturated/α-hetero) is 1. The van der Waals surface area contributed by atoms with Crippen LogP contribution in [0.5, 0.6) is 5.75 Å². The van der Waals surface area contributed by atoms with E-state index in [1.807, 2.05) is 30.9 Å². The van der Waals surface area contributed by atoms with E-state index in [9.17, 15) is 9.59 Å². The average molecular weight is 346 g/mol. The van der Waals surface area contributed by atoms with Crippen molar-refractivity contribution in [3.8, 4) is 5.75 Å². The number of likely N-dealkylation sites (tertiary alicyclic amines) is 1. The Balaban J connectivity index is 1.81. The van der Waals surface area contributed by atoms with Gasteiger partial charge in [-0.25, -0.2) is 0 Å². The molecule has 2 atom stereocenters. The molecule has 0 saturated carbocycles. The Bertz CT molecular complexity index is 569. The first kappa shape index (κ1) is 19.4. The van der Waals surface area contributed by atoms with Crippen LogP contribution in [-0.4, -0.2) is 42.3 Å². The minimum Gasteiger partial charge on any atom is -0.494 e. The fourth-order valence-electron chi connectivity index (χ4n) is 3.15. The van der Waals surface area contributed by atoms with Gasteiger partial charge in [0.05, 0.1) is 6.61 Å². The highest BCUT2D eigenvalue weighted by atomic mass is 16.5. The lowest BCUT2D eigenvalue weighted by Gasteiger charge is -2.34. The van der Waals surface area contributed by atoms with Crippen molar-refractivity contribution in [1.82, 2.24) is 4.90 Å². The lowest BCUT2D eigenvalue weighted by molar-refractivity contribution is -0.133. The third-order valence-corrected chi connectivity index (χ3v) is 4.77. The zero-order chi connectivity index (χ0) is 18.2. The number of rotatable bonds is 8. The molecule has 1 amide bonds. The molecule has 1 aromatic carbocycles. The third kappa shape index (κ3) is 5.85. The fourth-order valence-corrected chi connectivity index (χ4v) is 3.15. The summed E-state index contributed by atoms with van der Waals surface area (Å²) in [7, 11) is 0. The highest BCUT2D eigenvalue weighted by molar-refractivity contribution is 5.98. The van der Waals surface area contributed by atoms with Crippen molar-refractivity contribution in [3.05, 3.63) is 29.8 Å². The summed E-state index contributed by atoms with van der Waals surface area (Å²) >= 11 is 0. The molecule has 0 bridgehead atoms. The van der Waals surface area contributed by atoms with Crippen molar-refractivity contribution in [2.45, 2.75) is 52.0 Å². The van der Waals surface area contributed by atoms with Crippen LogP contribution in [0, 0.1) is 5.92 Å². The second kappa shape index (κ2) is 9.56. The molecular formula is C20H30N2O3. The first-order valence-corrected chi connectivity index (χ1v) is 9.30. The van der Waals surface area contributed by atoms with Gasteiger partial charge in [0.1, 0.15) is 5.75 Å². The highest BCUT2D eigenvalue weighted by Crippen LogP contribution is 2.20. The molecule has 1 fully saturated rings. The first-order chi connectivity index (χ1) is 12.0. The van der Waals surface area contributed by atoms with Gasteiger partial charge in [0.25, 0.3) is 0 Å². The number of nitrogens with two attached hydrogens (primary N) is 1. The molecule has 1 aromatic rings. The molecule has 1 heterocycles. The van der Waals surface area contributed by atoms with Crippen LogP contribution in [-0.2, 0) is 4.79 Å². The Hall–Kier alpha value is -1.88. The molecular weight excluding hydrogens is 316 g/mol. The third-order valence-electron chi connectivity index (χ3n) is 4.77. The number of nitrogens with zero attached hydrogens (tertiary/aromatic N) is 1. The molecule has 2 unspecified atom stereocenters. The van der Waals surface area contributed by atoms with Gasteiger partial charge in [-0.15, -0.1) is 0 Å². The summed E-state index contributed by atoms with van der Waals surface area (Å²) in [4.78, 5) is 26.6. The van der Waals surface area contributed by atoms with Gasteiger partial charge in [-0.1, -0.05) is 6.92 Å². The lowest BCUT2D eigenvalue weighted by atomic mass is 9.92. The Kier molecular flexibility index (Phi) is 7.44. The molecule has 2 N–H and O–H groups in total. The van der Waals surface area contributed by atoms with Gasteiger partial charge in [-0.2, -0.15) is 0 Å². The average Bonchev–Trinajstić information content (AvgIpc) is 2.64. The maximum atomic E-state index is 12.4. The summed E-state index contributed by atoms with van der Waals surface area (Å²) in [5, 5.41) is 0. The number of ether oxygens (including phenoxy) is 1. The number of carbonyl (C=O) groups is 2. The standard InChI is InChI=1S/C20H30N2O3/c1-3-13-25-18-8-6-16(7-9-18)19(23)10-11-20(24)22-12-4-5-17(14-22)15(2)21/h6-9,15,17H,3-5,10-14,21H2,1-2H3. The highest BCUT2D eigenvalue weighted by Gasteiger charge is 2.25. The van der Waals surface area contributed by atoms with E-state index in [4.69, 9.17) is 10.5 Å². The molecule has 1 aliphatic rings. The summed E-state index contributed by atoms with van der Waals surface area (Å²) < 4.78 is 5.51. The van der Waals surface area contributed by atoms with Crippen molar-refractivity contribution >= 4 is 11.7 Å². The van der Waals surface area contributed by atoms with Crippen LogP contribution >= 0.6 is 0 Å². The smallest absolute Gasteiger partial charge is 0.223 e. The van der Waals surface area contributed by atoms with E-state index in [0.717, 1.165) is 31.6 Å². The topological polar surface area (TPSA) is 72.6 Å². The second-order valence-electron chi connectivity index (χ2n) is 6.90. The molecule has 0 aliphatic carbocycles. The van der Waals surface area contributed by atoms with E-state index in [0.29, 0.717) is 24.6 Å². The quantitative estimate of drug-likeness (QED) is 0.734. The number of carbonyl (C=O) groups excluding carboxylic acids is 2. The van der Waals surface area contributed by atoms with Crippen LogP contribution in [0.15, 0.2) is 24.3 Å². The SMILES string of the molecule is CCCOc1ccc(C(=O)CCC(=O)N2CCCC(C(C)N)C2)cc1. The molecule has 5 heteroatoms. The Morgan fingerprint density at radius 3 is 2.64 bits per heavy atom. The number of piperidine rings is 1. The Morgan fingerprint density at radius 1 is 1.28 bits per heavy atom. The summed E-state index contributed by atoms with van der Waals surface area (Å²) in [5.41, 5.74) is 6.60. The van der Waals surface area contributed by atoms with Gasteiger partial charge in [0, 0.05) is 37.5 Å². The molecule has 25 heavy (non-hydrogen) atoms. The van der Waals surface area contributed by atoms with Crippen LogP contribution in [0.1, 0.15) is 56.3 Å². The van der Waals surface area contributed by atoms with Crippen LogP contribution in [0.3, 0.4) is 0 Å². The fraction of sp³-hybridized carbons (Fsp3) is 0.600. The molecule has 1 saturated heterocycles. The van der Waals surface area contributed by atoms with E-state index in [1.54, 1.807) is 12.1 Å². The monoisotopic (exact) mass is 346 g/mol. The van der Waals surface area contributed by atoms with Crippen LogP contribution in [0.4, 0.5) is 0 Å². The summed E-state index contributed by atoms with van der Waals surface area (Å²) in [6, 6.07) is 7.26. The van der Waals surface area contributed by atoms with Gasteiger partial charge in [-0.3, -0.25) is 9.59 Å². The summed E-state index contributed by atoms with van der Waals surface area (Å²) in [6.45, 7) is 6.21. The molecule has 0 aromatic heterocycles. The minimum atomic E-state index is -0.00357. The summed E-state index contributed by atoms with van der Waals surface area (Å²) in [6.07, 6.45) is 3.52. The van der Waals surface area contributed by atoms with Gasteiger partial charge >= 0.3 is 0 Å². The maximum Gasteiger partial charge on any atom is 0.223 e. The van der Waals surface area contributed by atoms with Gasteiger partial charge < -0.3 is 15.4 Å². The molecule has 1 aliphatic heterocycles. The maximum absolute atomic E-state index is 12.4. The zero-order valence-electron chi connectivity index (χ0n) is 15.4. The van der Waals surface area contributed by atoms with E-state index >= 15 is 0 Å². The Labute approximate surface area is 150 Å². The number of amides is 1. The van der Waals surface area contributed by atoms with E-state index in [2.05, 4.69) is 0 Å². The lowest BCUT2D eigenvalue weighted by Crippen LogP contribution is -2.45. The molecule has 5 nitrogen and oxygen atoms in total.